The van der Waals surface area contributed by atoms with Crippen LogP contribution in [-0.4, -0.2) is 11.7 Å². The van der Waals surface area contributed by atoms with Crippen molar-refractivity contribution in [3.8, 4) is 5.75 Å². The van der Waals surface area contributed by atoms with E-state index in [9.17, 15) is 18.3 Å². The van der Waals surface area contributed by atoms with Gasteiger partial charge in [-0.05, 0) is 37.9 Å². The van der Waals surface area contributed by atoms with Crippen LogP contribution in [0.4, 0.5) is 13.2 Å². The second kappa shape index (κ2) is 5.21. The molecule has 0 aromatic heterocycles. The van der Waals surface area contributed by atoms with E-state index < -0.39 is 11.7 Å². The van der Waals surface area contributed by atoms with Gasteiger partial charge in [0.05, 0.1) is 5.56 Å². The number of halogens is 3. The van der Waals surface area contributed by atoms with Crippen LogP contribution in [0.3, 0.4) is 0 Å². The minimum Gasteiger partial charge on any atom is -0.508 e. The van der Waals surface area contributed by atoms with Crippen LogP contribution >= 0.6 is 0 Å². The third-order valence-electron chi connectivity index (χ3n) is 2.34. The Labute approximate surface area is 91.9 Å². The zero-order valence-corrected chi connectivity index (χ0v) is 8.72. The van der Waals surface area contributed by atoms with Gasteiger partial charge in [0.2, 0.25) is 0 Å². The van der Waals surface area contributed by atoms with Gasteiger partial charge in [0.1, 0.15) is 5.75 Å². The predicted molar refractivity (Wildman–Crippen MR) is 55.1 cm³/mol. The van der Waals surface area contributed by atoms with Gasteiger partial charge in [0, 0.05) is 5.56 Å². The molecule has 0 heterocycles. The average molecular weight is 233 g/mol. The SMILES string of the molecule is NCCCCc1c(O)cccc1C(F)(F)F. The Hall–Kier alpha value is -1.23. The van der Waals surface area contributed by atoms with Crippen molar-refractivity contribution in [2.75, 3.05) is 6.54 Å². The predicted octanol–water partition coefficient (Wildman–Crippen LogP) is 2.69. The molecule has 0 radical (unpaired) electrons. The third-order valence-corrected chi connectivity index (χ3v) is 2.34. The van der Waals surface area contributed by atoms with Crippen LogP contribution in [0.5, 0.6) is 5.75 Å². The molecule has 0 unspecified atom stereocenters. The topological polar surface area (TPSA) is 46.2 Å². The van der Waals surface area contributed by atoms with E-state index in [1.165, 1.54) is 12.1 Å². The third kappa shape index (κ3) is 3.13. The minimum absolute atomic E-state index is 0.0385. The van der Waals surface area contributed by atoms with Gasteiger partial charge in [-0.15, -0.1) is 0 Å². The number of aromatic hydroxyl groups is 1. The number of hydrogen-bond acceptors (Lipinski definition) is 2. The number of unbranched alkanes of at least 4 members (excludes halogenated alkanes) is 1. The number of hydrogen-bond donors (Lipinski definition) is 2. The van der Waals surface area contributed by atoms with Crippen molar-refractivity contribution in [1.82, 2.24) is 0 Å². The summed E-state index contributed by atoms with van der Waals surface area (Å²) in [4.78, 5) is 0. The van der Waals surface area contributed by atoms with E-state index in [0.29, 0.717) is 19.4 Å². The fraction of sp³-hybridized carbons (Fsp3) is 0.455. The Morgan fingerprint density at radius 3 is 2.44 bits per heavy atom. The lowest BCUT2D eigenvalue weighted by Gasteiger charge is -2.13. The van der Waals surface area contributed by atoms with Crippen LogP contribution < -0.4 is 5.73 Å². The highest BCUT2D eigenvalue weighted by Crippen LogP contribution is 2.36. The number of rotatable bonds is 4. The van der Waals surface area contributed by atoms with Gasteiger partial charge in [-0.3, -0.25) is 0 Å². The van der Waals surface area contributed by atoms with Crippen LogP contribution in [-0.2, 0) is 12.6 Å². The lowest BCUT2D eigenvalue weighted by Crippen LogP contribution is -2.09. The van der Waals surface area contributed by atoms with Crippen LogP contribution in [0.2, 0.25) is 0 Å². The molecule has 1 aromatic rings. The van der Waals surface area contributed by atoms with Crippen molar-refractivity contribution in [2.45, 2.75) is 25.4 Å². The highest BCUT2D eigenvalue weighted by Gasteiger charge is 2.33. The van der Waals surface area contributed by atoms with E-state index in [1.54, 1.807) is 0 Å². The van der Waals surface area contributed by atoms with E-state index in [0.717, 1.165) is 6.07 Å². The lowest BCUT2D eigenvalue weighted by atomic mass is 10.0. The summed E-state index contributed by atoms with van der Waals surface area (Å²) in [5.41, 5.74) is 4.47. The molecular weight excluding hydrogens is 219 g/mol. The summed E-state index contributed by atoms with van der Waals surface area (Å²) >= 11 is 0. The molecule has 0 atom stereocenters. The number of phenols is 1. The van der Waals surface area contributed by atoms with Crippen LogP contribution in [0, 0.1) is 0 Å². The Balaban J connectivity index is 2.95. The molecule has 0 aliphatic heterocycles. The summed E-state index contributed by atoms with van der Waals surface area (Å²) < 4.78 is 37.8. The Morgan fingerprint density at radius 1 is 1.19 bits per heavy atom. The standard InChI is InChI=1S/C11H14F3NO/c12-11(13,14)9-5-3-6-10(16)8(9)4-1-2-7-15/h3,5-6,16H,1-2,4,7,15H2. The Bertz CT molecular complexity index is 350. The van der Waals surface area contributed by atoms with Crippen molar-refractivity contribution >= 4 is 0 Å². The first kappa shape index (κ1) is 12.8. The largest absolute Gasteiger partial charge is 0.508 e. The monoisotopic (exact) mass is 233 g/mol. The van der Waals surface area contributed by atoms with Crippen molar-refractivity contribution < 1.29 is 18.3 Å². The zero-order chi connectivity index (χ0) is 12.2. The van der Waals surface area contributed by atoms with Gasteiger partial charge in [-0.2, -0.15) is 13.2 Å². The summed E-state index contributed by atoms with van der Waals surface area (Å²) in [7, 11) is 0. The molecule has 1 aromatic carbocycles. The van der Waals surface area contributed by atoms with Crippen molar-refractivity contribution in [3.63, 3.8) is 0 Å². The van der Waals surface area contributed by atoms with E-state index in [1.807, 2.05) is 0 Å². The zero-order valence-electron chi connectivity index (χ0n) is 8.72. The summed E-state index contributed by atoms with van der Waals surface area (Å²) in [5.74, 6) is -0.299. The van der Waals surface area contributed by atoms with E-state index in [2.05, 4.69) is 0 Å². The first-order valence-electron chi connectivity index (χ1n) is 5.05. The van der Waals surface area contributed by atoms with Crippen molar-refractivity contribution in [3.05, 3.63) is 29.3 Å². The fourth-order valence-electron chi connectivity index (χ4n) is 1.55. The van der Waals surface area contributed by atoms with Crippen LogP contribution in [0.25, 0.3) is 0 Å². The molecule has 0 aliphatic rings. The van der Waals surface area contributed by atoms with Crippen LogP contribution in [0.15, 0.2) is 18.2 Å². The Kier molecular flexibility index (Phi) is 4.18. The van der Waals surface area contributed by atoms with Gasteiger partial charge in [-0.25, -0.2) is 0 Å². The van der Waals surface area contributed by atoms with Crippen LogP contribution in [0.1, 0.15) is 24.0 Å². The molecule has 0 fully saturated rings. The first-order valence-corrected chi connectivity index (χ1v) is 5.05. The number of nitrogens with two attached hydrogens (primary N) is 1. The average Bonchev–Trinajstić information content (AvgIpc) is 2.19. The highest BCUT2D eigenvalue weighted by molar-refractivity contribution is 5.40. The molecule has 1 rings (SSSR count). The first-order chi connectivity index (χ1) is 7.46. The molecule has 0 spiro atoms. The summed E-state index contributed by atoms with van der Waals surface area (Å²) in [6.07, 6.45) is -3.04. The van der Waals surface area contributed by atoms with E-state index in [-0.39, 0.29) is 17.7 Å². The van der Waals surface area contributed by atoms with Crippen molar-refractivity contribution in [2.24, 2.45) is 5.73 Å². The minimum atomic E-state index is -4.42. The normalized spacial score (nSPS) is 11.8. The van der Waals surface area contributed by atoms with Gasteiger partial charge >= 0.3 is 6.18 Å². The molecule has 5 heteroatoms. The maximum atomic E-state index is 12.6. The molecule has 0 bridgehead atoms. The number of alkyl halides is 3. The molecule has 3 N–H and O–H groups in total. The highest BCUT2D eigenvalue weighted by atomic mass is 19.4. The summed E-state index contributed by atoms with van der Waals surface area (Å²) in [5, 5.41) is 9.42. The van der Waals surface area contributed by atoms with Gasteiger partial charge in [0.15, 0.2) is 0 Å². The second-order valence-electron chi connectivity index (χ2n) is 3.55. The molecule has 2 nitrogen and oxygen atoms in total. The number of phenolic OH excluding ortho intramolecular Hbond substituents is 1. The molecule has 0 saturated carbocycles. The quantitative estimate of drug-likeness (QED) is 0.785. The van der Waals surface area contributed by atoms with Gasteiger partial charge < -0.3 is 10.8 Å². The summed E-state index contributed by atoms with van der Waals surface area (Å²) in [6.45, 7) is 0.439. The Morgan fingerprint density at radius 2 is 1.88 bits per heavy atom. The fourth-order valence-corrected chi connectivity index (χ4v) is 1.55. The molecule has 0 aliphatic carbocycles. The van der Waals surface area contributed by atoms with Gasteiger partial charge in [-0.1, -0.05) is 6.07 Å². The van der Waals surface area contributed by atoms with Gasteiger partial charge in [0.25, 0.3) is 0 Å². The molecule has 0 amide bonds. The van der Waals surface area contributed by atoms with E-state index >= 15 is 0 Å². The maximum absolute atomic E-state index is 12.6. The molecule has 0 saturated heterocycles. The number of benzene rings is 1. The summed E-state index contributed by atoms with van der Waals surface area (Å²) in [6, 6.07) is 3.45. The molecular formula is C11H14F3NO. The smallest absolute Gasteiger partial charge is 0.416 e. The maximum Gasteiger partial charge on any atom is 0.416 e. The van der Waals surface area contributed by atoms with E-state index in [4.69, 9.17) is 5.73 Å². The van der Waals surface area contributed by atoms with Crippen molar-refractivity contribution in [1.29, 1.82) is 0 Å². The molecule has 90 valence electrons. The second-order valence-corrected chi connectivity index (χ2v) is 3.55. The molecule has 16 heavy (non-hydrogen) atoms. The lowest BCUT2D eigenvalue weighted by molar-refractivity contribution is -0.138.